The molecular formula is C14H17N5O2S. The first-order valence-electron chi connectivity index (χ1n) is 7.09. The summed E-state index contributed by atoms with van der Waals surface area (Å²) < 4.78 is 5.01. The second-order valence-electron chi connectivity index (χ2n) is 5.05. The predicted octanol–water partition coefficient (Wildman–Crippen LogP) is 1.80. The van der Waals surface area contributed by atoms with Gasteiger partial charge in [0.05, 0.1) is 13.0 Å². The van der Waals surface area contributed by atoms with Crippen LogP contribution in [0, 0.1) is 5.92 Å². The average molecular weight is 319 g/mol. The third-order valence-electron chi connectivity index (χ3n) is 3.61. The van der Waals surface area contributed by atoms with E-state index in [9.17, 15) is 4.79 Å². The average Bonchev–Trinajstić information content (AvgIpc) is 3.08. The van der Waals surface area contributed by atoms with Gasteiger partial charge >= 0.3 is 0 Å². The van der Waals surface area contributed by atoms with Crippen molar-refractivity contribution >= 4 is 28.2 Å². The van der Waals surface area contributed by atoms with Crippen LogP contribution in [0.15, 0.2) is 23.7 Å². The molecule has 3 rings (SSSR count). The Kier molecular flexibility index (Phi) is 4.47. The monoisotopic (exact) mass is 319 g/mol. The van der Waals surface area contributed by atoms with Gasteiger partial charge < -0.3 is 15.0 Å². The lowest BCUT2D eigenvalue weighted by molar-refractivity contribution is -0.120. The molecule has 2 aromatic rings. The minimum Gasteiger partial charge on any atom is -0.480 e. The van der Waals surface area contributed by atoms with E-state index in [0.717, 1.165) is 25.2 Å². The summed E-state index contributed by atoms with van der Waals surface area (Å²) in [5.74, 6) is 1.20. The Labute approximate surface area is 132 Å². The predicted molar refractivity (Wildman–Crippen MR) is 84.3 cm³/mol. The molecule has 22 heavy (non-hydrogen) atoms. The number of thiazole rings is 1. The van der Waals surface area contributed by atoms with E-state index in [1.165, 1.54) is 11.3 Å². The third-order valence-corrected chi connectivity index (χ3v) is 4.30. The number of rotatable bonds is 4. The molecule has 1 fully saturated rings. The summed E-state index contributed by atoms with van der Waals surface area (Å²) in [5.41, 5.74) is 0. The summed E-state index contributed by atoms with van der Waals surface area (Å²) in [6.45, 7) is 1.51. The van der Waals surface area contributed by atoms with E-state index in [2.05, 4.69) is 25.4 Å². The number of amides is 1. The number of aromatic nitrogens is 3. The number of ether oxygens (including phenoxy) is 1. The van der Waals surface area contributed by atoms with Gasteiger partial charge in [0.25, 0.3) is 0 Å². The van der Waals surface area contributed by atoms with E-state index in [1.54, 1.807) is 19.4 Å². The van der Waals surface area contributed by atoms with Crippen molar-refractivity contribution in [3.8, 4) is 5.88 Å². The minimum absolute atomic E-state index is 0.0149. The highest BCUT2D eigenvalue weighted by molar-refractivity contribution is 7.13. The highest BCUT2D eigenvalue weighted by Crippen LogP contribution is 2.23. The molecule has 1 atom stereocenters. The summed E-state index contributed by atoms with van der Waals surface area (Å²) in [4.78, 5) is 18.5. The molecular weight excluding hydrogens is 302 g/mol. The maximum absolute atomic E-state index is 12.3. The molecule has 0 aromatic carbocycles. The lowest BCUT2D eigenvalue weighted by Gasteiger charge is -2.32. The molecule has 1 saturated heterocycles. The third kappa shape index (κ3) is 3.33. The Hall–Kier alpha value is -2.22. The van der Waals surface area contributed by atoms with Gasteiger partial charge in [-0.05, 0) is 18.9 Å². The largest absolute Gasteiger partial charge is 0.480 e. The maximum Gasteiger partial charge on any atom is 0.233 e. The molecule has 0 aliphatic carbocycles. The van der Waals surface area contributed by atoms with Gasteiger partial charge in [-0.1, -0.05) is 0 Å². The number of nitrogens with one attached hydrogen (secondary N) is 1. The smallest absolute Gasteiger partial charge is 0.233 e. The summed E-state index contributed by atoms with van der Waals surface area (Å²) in [5, 5.41) is 13.5. The van der Waals surface area contributed by atoms with Crippen LogP contribution in [0.4, 0.5) is 10.9 Å². The number of piperidine rings is 1. The maximum atomic E-state index is 12.3. The van der Waals surface area contributed by atoms with Gasteiger partial charge in [-0.15, -0.1) is 21.5 Å². The number of nitrogens with zero attached hydrogens (tertiary/aromatic N) is 4. The topological polar surface area (TPSA) is 80.2 Å². The van der Waals surface area contributed by atoms with E-state index in [1.807, 2.05) is 11.4 Å². The molecule has 0 radical (unpaired) electrons. The number of hydrogen-bond acceptors (Lipinski definition) is 7. The van der Waals surface area contributed by atoms with Crippen LogP contribution in [-0.4, -0.2) is 41.3 Å². The first kappa shape index (κ1) is 14.7. The van der Waals surface area contributed by atoms with Gasteiger partial charge in [0.15, 0.2) is 10.9 Å². The molecule has 1 N–H and O–H groups in total. The van der Waals surface area contributed by atoms with E-state index in [0.29, 0.717) is 17.6 Å². The highest BCUT2D eigenvalue weighted by Gasteiger charge is 2.27. The Morgan fingerprint density at radius 3 is 3.05 bits per heavy atom. The van der Waals surface area contributed by atoms with E-state index in [4.69, 9.17) is 4.74 Å². The molecule has 8 heteroatoms. The van der Waals surface area contributed by atoms with Crippen molar-refractivity contribution in [2.75, 3.05) is 30.4 Å². The summed E-state index contributed by atoms with van der Waals surface area (Å²) >= 11 is 1.42. The zero-order valence-electron chi connectivity index (χ0n) is 12.2. The van der Waals surface area contributed by atoms with Crippen LogP contribution in [0.25, 0.3) is 0 Å². The molecule has 7 nitrogen and oxygen atoms in total. The fraction of sp³-hybridized carbons (Fsp3) is 0.429. The fourth-order valence-electron chi connectivity index (χ4n) is 2.48. The van der Waals surface area contributed by atoms with Gasteiger partial charge in [0.1, 0.15) is 0 Å². The van der Waals surface area contributed by atoms with Crippen molar-refractivity contribution in [2.45, 2.75) is 12.8 Å². The molecule has 0 saturated carbocycles. The zero-order valence-corrected chi connectivity index (χ0v) is 13.0. The highest BCUT2D eigenvalue weighted by atomic mass is 32.1. The Morgan fingerprint density at radius 1 is 1.45 bits per heavy atom. The summed E-state index contributed by atoms with van der Waals surface area (Å²) in [6, 6.07) is 3.65. The first-order valence-corrected chi connectivity index (χ1v) is 7.97. The Balaban J connectivity index is 1.64. The van der Waals surface area contributed by atoms with Gasteiger partial charge in [-0.2, -0.15) is 0 Å². The fourth-order valence-corrected chi connectivity index (χ4v) is 3.01. The van der Waals surface area contributed by atoms with Gasteiger partial charge in [0.2, 0.25) is 11.8 Å². The Bertz CT molecular complexity index is 617. The van der Waals surface area contributed by atoms with E-state index in [-0.39, 0.29) is 11.8 Å². The number of anilines is 2. The van der Waals surface area contributed by atoms with Crippen molar-refractivity contribution in [2.24, 2.45) is 5.92 Å². The molecule has 3 heterocycles. The molecule has 2 aromatic heterocycles. The molecule has 0 unspecified atom stereocenters. The van der Waals surface area contributed by atoms with Crippen molar-refractivity contribution in [1.82, 2.24) is 15.2 Å². The summed E-state index contributed by atoms with van der Waals surface area (Å²) in [6.07, 6.45) is 3.50. The lowest BCUT2D eigenvalue weighted by Crippen LogP contribution is -2.41. The standard InChI is InChI=1S/C14H17N5O2S/c1-21-12-5-4-11(17-18-12)19-7-2-3-10(9-19)13(20)16-14-15-6-8-22-14/h4-6,8,10H,2-3,7,9H2,1H3,(H,15,16,20)/t10-/m0/s1. The summed E-state index contributed by atoms with van der Waals surface area (Å²) in [7, 11) is 1.56. The zero-order chi connectivity index (χ0) is 15.4. The van der Waals surface area contributed by atoms with Crippen LogP contribution in [-0.2, 0) is 4.79 Å². The molecule has 0 bridgehead atoms. The van der Waals surface area contributed by atoms with Gasteiger partial charge in [0, 0.05) is 30.7 Å². The normalized spacial score (nSPS) is 18.0. The molecule has 1 aliphatic heterocycles. The van der Waals surface area contributed by atoms with Crippen LogP contribution in [0.2, 0.25) is 0 Å². The van der Waals surface area contributed by atoms with Crippen LogP contribution >= 0.6 is 11.3 Å². The molecule has 1 amide bonds. The van der Waals surface area contributed by atoms with E-state index < -0.39 is 0 Å². The van der Waals surface area contributed by atoms with Crippen LogP contribution in [0.5, 0.6) is 5.88 Å². The Morgan fingerprint density at radius 2 is 2.36 bits per heavy atom. The van der Waals surface area contributed by atoms with Crippen molar-refractivity contribution in [3.05, 3.63) is 23.7 Å². The number of methoxy groups -OCH3 is 1. The number of carbonyl (C=O) groups excluding carboxylic acids is 1. The van der Waals surface area contributed by atoms with E-state index >= 15 is 0 Å². The SMILES string of the molecule is COc1ccc(N2CCC[C@H](C(=O)Nc3nccs3)C2)nn1. The van der Waals surface area contributed by atoms with Crippen LogP contribution in [0.1, 0.15) is 12.8 Å². The van der Waals surface area contributed by atoms with Crippen LogP contribution < -0.4 is 15.0 Å². The second-order valence-corrected chi connectivity index (χ2v) is 5.94. The molecule has 0 spiro atoms. The van der Waals surface area contributed by atoms with Crippen LogP contribution in [0.3, 0.4) is 0 Å². The first-order chi connectivity index (χ1) is 10.8. The lowest BCUT2D eigenvalue weighted by atomic mass is 9.97. The number of carbonyl (C=O) groups is 1. The van der Waals surface area contributed by atoms with Gasteiger partial charge in [-0.25, -0.2) is 4.98 Å². The van der Waals surface area contributed by atoms with Crippen molar-refractivity contribution in [1.29, 1.82) is 0 Å². The second kappa shape index (κ2) is 6.69. The molecule has 1 aliphatic rings. The van der Waals surface area contributed by atoms with Crippen molar-refractivity contribution < 1.29 is 9.53 Å². The molecule has 116 valence electrons. The minimum atomic E-state index is -0.0680. The number of hydrogen-bond donors (Lipinski definition) is 1. The van der Waals surface area contributed by atoms with Gasteiger partial charge in [-0.3, -0.25) is 4.79 Å². The van der Waals surface area contributed by atoms with Crippen molar-refractivity contribution in [3.63, 3.8) is 0 Å². The quantitative estimate of drug-likeness (QED) is 0.925.